The first kappa shape index (κ1) is 13.4. The number of hydrogen-bond acceptors (Lipinski definition) is 6. The molecule has 2 atom stereocenters. The number of sulfonamides is 1. The number of carbonyl (C=O) groups is 1. The summed E-state index contributed by atoms with van der Waals surface area (Å²) in [5, 5.41) is 2.28. The molecule has 0 bridgehead atoms. The minimum absolute atomic E-state index is 0.146. The maximum atomic E-state index is 11.7. The summed E-state index contributed by atoms with van der Waals surface area (Å²) in [6.07, 6.45) is 0.229. The van der Waals surface area contributed by atoms with Gasteiger partial charge in [-0.1, -0.05) is 0 Å². The molecule has 16 heavy (non-hydrogen) atoms. The van der Waals surface area contributed by atoms with E-state index in [2.05, 4.69) is 10.2 Å². The molecule has 0 aromatic rings. The van der Waals surface area contributed by atoms with Gasteiger partial charge >= 0.3 is 5.97 Å². The molecule has 1 rings (SSSR count). The lowest BCUT2D eigenvalue weighted by molar-refractivity contribution is -0.144. The Balaban J connectivity index is 2.57. The van der Waals surface area contributed by atoms with Crippen LogP contribution in [0.15, 0.2) is 0 Å². The van der Waals surface area contributed by atoms with Crippen molar-refractivity contribution in [1.82, 2.24) is 10.2 Å². The summed E-state index contributed by atoms with van der Waals surface area (Å²) in [7, 11) is -2.13. The SMILES string of the molecule is CO[C@H]1CNC[C@@H](S(=O)(=O)NOC(C)=O)C1. The topological polar surface area (TPSA) is 93.7 Å². The number of piperidine rings is 1. The van der Waals surface area contributed by atoms with Crippen molar-refractivity contribution in [2.75, 3.05) is 20.2 Å². The third-order valence-electron chi connectivity index (χ3n) is 2.34. The third kappa shape index (κ3) is 3.71. The molecular weight excluding hydrogens is 236 g/mol. The average Bonchev–Trinajstić information content (AvgIpc) is 2.27. The van der Waals surface area contributed by atoms with Crippen LogP contribution in [0.25, 0.3) is 0 Å². The van der Waals surface area contributed by atoms with Crippen molar-refractivity contribution in [2.45, 2.75) is 24.7 Å². The quantitative estimate of drug-likeness (QED) is 0.608. The smallest absolute Gasteiger partial charge is 0.323 e. The van der Waals surface area contributed by atoms with Crippen LogP contribution in [-0.4, -0.2) is 45.9 Å². The van der Waals surface area contributed by atoms with Crippen LogP contribution in [0.3, 0.4) is 0 Å². The van der Waals surface area contributed by atoms with Crippen LogP contribution in [0.2, 0.25) is 0 Å². The van der Waals surface area contributed by atoms with Crippen LogP contribution in [0.5, 0.6) is 0 Å². The Morgan fingerprint density at radius 3 is 2.69 bits per heavy atom. The molecule has 94 valence electrons. The Morgan fingerprint density at radius 1 is 1.44 bits per heavy atom. The highest BCUT2D eigenvalue weighted by molar-refractivity contribution is 7.90. The normalized spacial score (nSPS) is 26.4. The van der Waals surface area contributed by atoms with E-state index in [0.29, 0.717) is 19.5 Å². The van der Waals surface area contributed by atoms with Crippen LogP contribution in [0.1, 0.15) is 13.3 Å². The highest BCUT2D eigenvalue weighted by Gasteiger charge is 2.32. The Labute approximate surface area is 94.5 Å². The summed E-state index contributed by atoms with van der Waals surface area (Å²) < 4.78 is 28.4. The van der Waals surface area contributed by atoms with Crippen LogP contribution < -0.4 is 10.2 Å². The van der Waals surface area contributed by atoms with Crippen molar-refractivity contribution in [2.24, 2.45) is 0 Å². The largest absolute Gasteiger partial charge is 0.380 e. The van der Waals surface area contributed by atoms with E-state index in [0.717, 1.165) is 6.92 Å². The van der Waals surface area contributed by atoms with Crippen molar-refractivity contribution < 1.29 is 22.8 Å². The summed E-state index contributed by atoms with van der Waals surface area (Å²) in [5.41, 5.74) is 0. The van der Waals surface area contributed by atoms with E-state index in [-0.39, 0.29) is 6.10 Å². The Kier molecular flexibility index (Phi) is 4.66. The van der Waals surface area contributed by atoms with Gasteiger partial charge in [-0.05, 0) is 11.3 Å². The molecule has 0 radical (unpaired) electrons. The number of hydrogen-bond donors (Lipinski definition) is 2. The van der Waals surface area contributed by atoms with Crippen LogP contribution >= 0.6 is 0 Å². The minimum atomic E-state index is -3.66. The van der Waals surface area contributed by atoms with E-state index in [1.54, 1.807) is 4.89 Å². The van der Waals surface area contributed by atoms with Gasteiger partial charge < -0.3 is 14.9 Å². The van der Waals surface area contributed by atoms with Crippen LogP contribution in [0, 0.1) is 0 Å². The fraction of sp³-hybridized carbons (Fsp3) is 0.875. The lowest BCUT2D eigenvalue weighted by Gasteiger charge is -2.28. The number of nitrogens with one attached hydrogen (secondary N) is 2. The molecule has 1 heterocycles. The predicted molar refractivity (Wildman–Crippen MR) is 55.9 cm³/mol. The van der Waals surface area contributed by atoms with Crippen molar-refractivity contribution in [3.05, 3.63) is 0 Å². The van der Waals surface area contributed by atoms with Gasteiger partial charge in [0.15, 0.2) is 0 Å². The first-order valence-electron chi connectivity index (χ1n) is 4.87. The van der Waals surface area contributed by atoms with E-state index in [1.807, 2.05) is 0 Å². The number of methoxy groups -OCH3 is 1. The van der Waals surface area contributed by atoms with E-state index < -0.39 is 21.2 Å². The molecule has 1 aliphatic rings. The molecular formula is C8H16N2O5S. The monoisotopic (exact) mass is 252 g/mol. The summed E-state index contributed by atoms with van der Waals surface area (Å²) in [4.78, 5) is 16.6. The molecule has 1 fully saturated rings. The molecule has 0 unspecified atom stereocenters. The summed E-state index contributed by atoms with van der Waals surface area (Å²) >= 11 is 0. The highest BCUT2D eigenvalue weighted by atomic mass is 32.2. The maximum Gasteiger partial charge on any atom is 0.323 e. The van der Waals surface area contributed by atoms with Crippen LogP contribution in [-0.2, 0) is 24.4 Å². The zero-order chi connectivity index (χ0) is 12.2. The van der Waals surface area contributed by atoms with Crippen molar-refractivity contribution in [3.8, 4) is 0 Å². The molecule has 0 aromatic carbocycles. The van der Waals surface area contributed by atoms with Gasteiger partial charge in [0.2, 0.25) is 10.0 Å². The molecule has 7 nitrogen and oxygen atoms in total. The van der Waals surface area contributed by atoms with Gasteiger partial charge in [-0.2, -0.15) is 0 Å². The molecule has 0 saturated carbocycles. The lowest BCUT2D eigenvalue weighted by atomic mass is 10.1. The van der Waals surface area contributed by atoms with E-state index in [1.165, 1.54) is 7.11 Å². The van der Waals surface area contributed by atoms with Gasteiger partial charge in [-0.15, -0.1) is 0 Å². The Bertz CT molecular complexity index is 342. The van der Waals surface area contributed by atoms with Gasteiger partial charge in [0, 0.05) is 27.1 Å². The lowest BCUT2D eigenvalue weighted by Crippen LogP contribution is -2.49. The number of ether oxygens (including phenoxy) is 1. The summed E-state index contributed by atoms with van der Waals surface area (Å²) in [6.45, 7) is 2.06. The van der Waals surface area contributed by atoms with Gasteiger partial charge in [-0.3, -0.25) is 4.79 Å². The van der Waals surface area contributed by atoms with Crippen molar-refractivity contribution in [1.29, 1.82) is 0 Å². The van der Waals surface area contributed by atoms with E-state index >= 15 is 0 Å². The van der Waals surface area contributed by atoms with Gasteiger partial charge in [0.25, 0.3) is 0 Å². The molecule has 0 aromatic heterocycles. The number of carbonyl (C=O) groups excluding carboxylic acids is 1. The maximum absolute atomic E-state index is 11.7. The third-order valence-corrected chi connectivity index (χ3v) is 3.90. The second-order valence-corrected chi connectivity index (χ2v) is 5.52. The molecule has 8 heteroatoms. The molecule has 0 aliphatic carbocycles. The van der Waals surface area contributed by atoms with Gasteiger partial charge in [0.05, 0.1) is 11.4 Å². The van der Waals surface area contributed by atoms with Crippen LogP contribution in [0.4, 0.5) is 0 Å². The second-order valence-electron chi connectivity index (χ2n) is 3.60. The van der Waals surface area contributed by atoms with Crippen molar-refractivity contribution >= 4 is 16.0 Å². The number of rotatable bonds is 4. The molecule has 0 spiro atoms. The average molecular weight is 252 g/mol. The zero-order valence-corrected chi connectivity index (χ0v) is 10.0. The predicted octanol–water partition coefficient (Wildman–Crippen LogP) is -1.24. The summed E-state index contributed by atoms with van der Waals surface area (Å²) in [6, 6.07) is 0. The molecule has 0 amide bonds. The molecule has 2 N–H and O–H groups in total. The fourth-order valence-electron chi connectivity index (χ4n) is 1.47. The molecule has 1 aliphatic heterocycles. The zero-order valence-electron chi connectivity index (χ0n) is 9.23. The highest BCUT2D eigenvalue weighted by Crippen LogP contribution is 2.13. The first-order valence-corrected chi connectivity index (χ1v) is 6.42. The van der Waals surface area contributed by atoms with Crippen molar-refractivity contribution in [3.63, 3.8) is 0 Å². The fourth-order valence-corrected chi connectivity index (χ4v) is 2.64. The summed E-state index contributed by atoms with van der Waals surface area (Å²) in [5.74, 6) is -0.698. The van der Waals surface area contributed by atoms with Gasteiger partial charge in [-0.25, -0.2) is 8.42 Å². The molecule has 1 saturated heterocycles. The minimum Gasteiger partial charge on any atom is -0.380 e. The van der Waals surface area contributed by atoms with E-state index in [4.69, 9.17) is 4.74 Å². The standard InChI is InChI=1S/C8H16N2O5S/c1-6(11)15-10-16(12,13)8-3-7(14-2)4-9-5-8/h7-10H,3-5H2,1-2H3/t7-,8+/m1/s1. The first-order chi connectivity index (χ1) is 7.45. The second kappa shape index (κ2) is 5.58. The van der Waals surface area contributed by atoms with E-state index in [9.17, 15) is 13.2 Å². The van der Waals surface area contributed by atoms with Gasteiger partial charge in [0.1, 0.15) is 0 Å². The Hall–Kier alpha value is -0.700. The Morgan fingerprint density at radius 2 is 2.12 bits per heavy atom.